The summed E-state index contributed by atoms with van der Waals surface area (Å²) in [6.45, 7) is 0. The monoisotopic (exact) mass is 284 g/mol. The predicted octanol–water partition coefficient (Wildman–Crippen LogP) is 2.47. The first-order valence-electron chi connectivity index (χ1n) is 6.35. The maximum atomic E-state index is 12.1. The number of hydrogen-bond donors (Lipinski definition) is 1. The second kappa shape index (κ2) is 7.09. The molecule has 0 saturated heterocycles. The average molecular weight is 284 g/mol. The third-order valence-electron chi connectivity index (χ3n) is 2.83. The number of benzene rings is 2. The lowest BCUT2D eigenvalue weighted by Gasteiger charge is -2.08. The van der Waals surface area contributed by atoms with Crippen molar-refractivity contribution in [2.24, 2.45) is 5.10 Å². The van der Waals surface area contributed by atoms with E-state index in [9.17, 15) is 4.79 Å². The molecule has 0 aromatic heterocycles. The zero-order chi connectivity index (χ0) is 15.1. The van der Waals surface area contributed by atoms with Gasteiger partial charge in [-0.25, -0.2) is 5.43 Å². The summed E-state index contributed by atoms with van der Waals surface area (Å²) in [7, 11) is 3.05. The summed E-state index contributed by atoms with van der Waals surface area (Å²) in [4.78, 5) is 12.1. The van der Waals surface area contributed by atoms with E-state index in [0.29, 0.717) is 17.1 Å². The highest BCUT2D eigenvalue weighted by Gasteiger charge is 2.12. The normalized spacial score (nSPS) is 10.4. The quantitative estimate of drug-likeness (QED) is 0.677. The molecule has 21 heavy (non-hydrogen) atoms. The van der Waals surface area contributed by atoms with E-state index >= 15 is 0 Å². The van der Waals surface area contributed by atoms with Gasteiger partial charge in [0.1, 0.15) is 11.5 Å². The van der Waals surface area contributed by atoms with Crippen molar-refractivity contribution in [2.45, 2.75) is 0 Å². The first kappa shape index (κ1) is 14.6. The largest absolute Gasteiger partial charge is 0.497 e. The summed E-state index contributed by atoms with van der Waals surface area (Å²) >= 11 is 0. The molecule has 0 unspecified atom stereocenters. The van der Waals surface area contributed by atoms with Gasteiger partial charge < -0.3 is 9.47 Å². The highest BCUT2D eigenvalue weighted by Crippen LogP contribution is 2.24. The van der Waals surface area contributed by atoms with Crippen molar-refractivity contribution in [2.75, 3.05) is 14.2 Å². The van der Waals surface area contributed by atoms with Crippen LogP contribution in [0.15, 0.2) is 53.6 Å². The number of nitrogens with one attached hydrogen (secondary N) is 1. The van der Waals surface area contributed by atoms with Crippen LogP contribution in [0.4, 0.5) is 0 Å². The Morgan fingerprint density at radius 1 is 1.10 bits per heavy atom. The standard InChI is InChI=1S/C16H16N2O3/c1-20-13-8-9-14(15(10-13)21-2)16(19)18-17-11-12-6-4-3-5-7-12/h3-11H,1-2H3,(H,18,19)/b17-11-. The van der Waals surface area contributed by atoms with E-state index in [-0.39, 0.29) is 5.91 Å². The summed E-state index contributed by atoms with van der Waals surface area (Å²) in [5.74, 6) is 0.708. The summed E-state index contributed by atoms with van der Waals surface area (Å²) in [5.41, 5.74) is 3.76. The molecule has 2 aromatic carbocycles. The van der Waals surface area contributed by atoms with Gasteiger partial charge in [-0.05, 0) is 17.7 Å². The van der Waals surface area contributed by atoms with Crippen LogP contribution in [0.3, 0.4) is 0 Å². The van der Waals surface area contributed by atoms with Crippen molar-refractivity contribution in [3.8, 4) is 11.5 Å². The smallest absolute Gasteiger partial charge is 0.275 e. The molecular formula is C16H16N2O3. The van der Waals surface area contributed by atoms with Gasteiger partial charge in [0, 0.05) is 6.07 Å². The second-order valence-corrected chi connectivity index (χ2v) is 4.18. The van der Waals surface area contributed by atoms with E-state index in [0.717, 1.165) is 5.56 Å². The van der Waals surface area contributed by atoms with Gasteiger partial charge in [0.05, 0.1) is 26.0 Å². The van der Waals surface area contributed by atoms with Crippen molar-refractivity contribution < 1.29 is 14.3 Å². The number of amides is 1. The number of hydrazone groups is 1. The maximum Gasteiger partial charge on any atom is 0.275 e. The van der Waals surface area contributed by atoms with Crippen LogP contribution in [0.1, 0.15) is 15.9 Å². The number of carbonyl (C=O) groups excluding carboxylic acids is 1. The number of rotatable bonds is 5. The molecule has 0 heterocycles. The summed E-state index contributed by atoms with van der Waals surface area (Å²) in [5, 5.41) is 3.92. The number of carbonyl (C=O) groups is 1. The Hall–Kier alpha value is -2.82. The third-order valence-corrected chi connectivity index (χ3v) is 2.83. The van der Waals surface area contributed by atoms with E-state index in [1.807, 2.05) is 30.3 Å². The Kier molecular flexibility index (Phi) is 4.93. The van der Waals surface area contributed by atoms with Gasteiger partial charge in [0.2, 0.25) is 0 Å². The van der Waals surface area contributed by atoms with Crippen molar-refractivity contribution >= 4 is 12.1 Å². The fraction of sp³-hybridized carbons (Fsp3) is 0.125. The molecule has 0 saturated carbocycles. The number of nitrogens with zero attached hydrogens (tertiary/aromatic N) is 1. The first-order valence-corrected chi connectivity index (χ1v) is 6.35. The van der Waals surface area contributed by atoms with Gasteiger partial charge >= 0.3 is 0 Å². The molecule has 0 radical (unpaired) electrons. The van der Waals surface area contributed by atoms with Crippen LogP contribution in [0, 0.1) is 0 Å². The van der Waals surface area contributed by atoms with Crippen LogP contribution in [-0.4, -0.2) is 26.3 Å². The molecule has 0 atom stereocenters. The second-order valence-electron chi connectivity index (χ2n) is 4.18. The lowest BCUT2D eigenvalue weighted by molar-refractivity contribution is 0.0952. The number of methoxy groups -OCH3 is 2. The molecule has 0 aliphatic carbocycles. The summed E-state index contributed by atoms with van der Waals surface area (Å²) < 4.78 is 10.3. The molecule has 108 valence electrons. The Bertz CT molecular complexity index is 639. The SMILES string of the molecule is COc1ccc(C(=O)N/N=C\c2ccccc2)c(OC)c1. The predicted molar refractivity (Wildman–Crippen MR) is 81.0 cm³/mol. The van der Waals surface area contributed by atoms with Gasteiger partial charge in [0.25, 0.3) is 5.91 Å². The van der Waals surface area contributed by atoms with E-state index in [1.165, 1.54) is 7.11 Å². The summed E-state index contributed by atoms with van der Waals surface area (Å²) in [6.07, 6.45) is 1.58. The highest BCUT2D eigenvalue weighted by atomic mass is 16.5. The van der Waals surface area contributed by atoms with Crippen LogP contribution in [0.5, 0.6) is 11.5 Å². The molecule has 1 amide bonds. The van der Waals surface area contributed by atoms with Crippen molar-refractivity contribution in [1.82, 2.24) is 5.43 Å². The van der Waals surface area contributed by atoms with Crippen LogP contribution in [-0.2, 0) is 0 Å². The average Bonchev–Trinajstić information content (AvgIpc) is 2.55. The Morgan fingerprint density at radius 3 is 2.52 bits per heavy atom. The van der Waals surface area contributed by atoms with Crippen LogP contribution >= 0.6 is 0 Å². The van der Waals surface area contributed by atoms with Crippen LogP contribution in [0.2, 0.25) is 0 Å². The van der Waals surface area contributed by atoms with E-state index in [4.69, 9.17) is 9.47 Å². The molecule has 5 heteroatoms. The lowest BCUT2D eigenvalue weighted by atomic mass is 10.2. The number of hydrogen-bond acceptors (Lipinski definition) is 4. The topological polar surface area (TPSA) is 59.9 Å². The van der Waals surface area contributed by atoms with E-state index < -0.39 is 0 Å². The fourth-order valence-electron chi connectivity index (χ4n) is 1.75. The number of ether oxygens (including phenoxy) is 2. The molecule has 2 rings (SSSR count). The lowest BCUT2D eigenvalue weighted by Crippen LogP contribution is -2.18. The first-order chi connectivity index (χ1) is 10.2. The van der Waals surface area contributed by atoms with Gasteiger partial charge in [-0.3, -0.25) is 4.79 Å². The van der Waals surface area contributed by atoms with E-state index in [2.05, 4.69) is 10.5 Å². The molecule has 0 fully saturated rings. The van der Waals surface area contributed by atoms with Gasteiger partial charge in [-0.15, -0.1) is 0 Å². The third kappa shape index (κ3) is 3.82. The van der Waals surface area contributed by atoms with Crippen molar-refractivity contribution in [3.05, 3.63) is 59.7 Å². The molecule has 2 aromatic rings. The zero-order valence-electron chi connectivity index (χ0n) is 11.9. The minimum atomic E-state index is -0.346. The molecule has 1 N–H and O–H groups in total. The van der Waals surface area contributed by atoms with Crippen molar-refractivity contribution in [3.63, 3.8) is 0 Å². The summed E-state index contributed by atoms with van der Waals surface area (Å²) in [6, 6.07) is 14.5. The van der Waals surface area contributed by atoms with Crippen LogP contribution in [0.25, 0.3) is 0 Å². The molecule has 0 aliphatic heterocycles. The zero-order valence-corrected chi connectivity index (χ0v) is 11.9. The van der Waals surface area contributed by atoms with Gasteiger partial charge in [-0.1, -0.05) is 30.3 Å². The van der Waals surface area contributed by atoms with Crippen molar-refractivity contribution in [1.29, 1.82) is 0 Å². The van der Waals surface area contributed by atoms with Crippen LogP contribution < -0.4 is 14.9 Å². The minimum Gasteiger partial charge on any atom is -0.497 e. The Labute approximate surface area is 123 Å². The van der Waals surface area contributed by atoms with E-state index in [1.54, 1.807) is 31.5 Å². The molecular weight excluding hydrogens is 268 g/mol. The molecule has 0 spiro atoms. The molecule has 5 nitrogen and oxygen atoms in total. The Balaban J connectivity index is 2.08. The van der Waals surface area contributed by atoms with Gasteiger partial charge in [-0.2, -0.15) is 5.10 Å². The molecule has 0 aliphatic rings. The molecule has 0 bridgehead atoms. The highest BCUT2D eigenvalue weighted by molar-refractivity contribution is 5.97. The van der Waals surface area contributed by atoms with Gasteiger partial charge in [0.15, 0.2) is 0 Å². The maximum absolute atomic E-state index is 12.1. The fourth-order valence-corrected chi connectivity index (χ4v) is 1.75. The Morgan fingerprint density at radius 2 is 1.86 bits per heavy atom. The minimum absolute atomic E-state index is 0.346.